The average molecular weight is 561 g/mol. The summed E-state index contributed by atoms with van der Waals surface area (Å²) in [4.78, 5) is 20.0. The van der Waals surface area contributed by atoms with Crippen LogP contribution in [0.15, 0.2) is 53.1 Å². The van der Waals surface area contributed by atoms with Crippen LogP contribution in [0.3, 0.4) is 0 Å². The van der Waals surface area contributed by atoms with Gasteiger partial charge in [0, 0.05) is 48.8 Å². The lowest BCUT2D eigenvalue weighted by Crippen LogP contribution is -2.37. The Hall–Kier alpha value is -4.05. The number of ketones is 1. The van der Waals surface area contributed by atoms with Crippen LogP contribution in [-0.2, 0) is 0 Å². The first-order chi connectivity index (χ1) is 19.5. The van der Waals surface area contributed by atoms with E-state index in [0.717, 1.165) is 59.7 Å². The van der Waals surface area contributed by atoms with Gasteiger partial charge in [-0.3, -0.25) is 4.79 Å². The number of hydrogen-bond acceptors (Lipinski definition) is 9. The Balaban J connectivity index is 1.18. The molecule has 0 radical (unpaired) electrons. The van der Waals surface area contributed by atoms with Crippen molar-refractivity contribution in [1.82, 2.24) is 14.6 Å². The number of ether oxygens (including phenoxy) is 3. The Bertz CT molecular complexity index is 1610. The summed E-state index contributed by atoms with van der Waals surface area (Å²) >= 11 is 1.37. The number of carbonyl (C=O) groups excluding carboxylic acids is 1. The number of nitrogens with zero attached hydrogens (tertiary/aromatic N) is 4. The molecule has 1 atom stereocenters. The molecule has 208 valence electrons. The number of anilines is 1. The van der Waals surface area contributed by atoms with Gasteiger partial charge in [-0.05, 0) is 60.9 Å². The van der Waals surface area contributed by atoms with Crippen LogP contribution in [-0.4, -0.2) is 54.3 Å². The van der Waals surface area contributed by atoms with E-state index in [1.165, 1.54) is 11.3 Å². The largest absolute Gasteiger partial charge is 0.496 e. The molecule has 0 amide bonds. The minimum absolute atomic E-state index is 0.204. The van der Waals surface area contributed by atoms with Crippen molar-refractivity contribution in [3.63, 3.8) is 0 Å². The average Bonchev–Trinajstić information content (AvgIpc) is 3.69. The van der Waals surface area contributed by atoms with Gasteiger partial charge in [0.05, 0.1) is 32.4 Å². The number of rotatable bonds is 10. The summed E-state index contributed by atoms with van der Waals surface area (Å²) < 4.78 is 25.0. The van der Waals surface area contributed by atoms with Crippen molar-refractivity contribution in [2.45, 2.75) is 32.6 Å². The van der Waals surface area contributed by atoms with Gasteiger partial charge >= 0.3 is 0 Å². The van der Waals surface area contributed by atoms with Crippen LogP contribution >= 0.6 is 11.3 Å². The molecule has 5 aromatic rings. The first-order valence-corrected chi connectivity index (χ1v) is 14.4. The third-order valence-corrected chi connectivity index (χ3v) is 8.17. The van der Waals surface area contributed by atoms with E-state index in [-0.39, 0.29) is 5.78 Å². The molecule has 0 spiro atoms. The highest BCUT2D eigenvalue weighted by molar-refractivity contribution is 7.18. The molecule has 1 saturated heterocycles. The van der Waals surface area contributed by atoms with Crippen molar-refractivity contribution >= 4 is 38.7 Å². The third-order valence-electron chi connectivity index (χ3n) is 7.29. The predicted molar refractivity (Wildman–Crippen MR) is 155 cm³/mol. The summed E-state index contributed by atoms with van der Waals surface area (Å²) in [6.45, 7) is 4.50. The van der Waals surface area contributed by atoms with Crippen LogP contribution < -0.4 is 19.1 Å². The second-order valence-electron chi connectivity index (χ2n) is 10.1. The van der Waals surface area contributed by atoms with Crippen LogP contribution in [0, 0.1) is 5.92 Å². The zero-order valence-electron chi connectivity index (χ0n) is 22.9. The van der Waals surface area contributed by atoms with Gasteiger partial charge in [-0.1, -0.05) is 6.92 Å². The van der Waals surface area contributed by atoms with Gasteiger partial charge in [-0.25, -0.2) is 9.50 Å². The summed E-state index contributed by atoms with van der Waals surface area (Å²) in [7, 11) is 3.23. The Kier molecular flexibility index (Phi) is 7.34. The smallest absolute Gasteiger partial charge is 0.294 e. The molecule has 0 aliphatic carbocycles. The van der Waals surface area contributed by atoms with Gasteiger partial charge < -0.3 is 23.5 Å². The molecule has 6 rings (SSSR count). The van der Waals surface area contributed by atoms with Crippen molar-refractivity contribution in [2.75, 3.05) is 38.8 Å². The lowest BCUT2D eigenvalue weighted by atomic mass is 9.98. The highest BCUT2D eigenvalue weighted by Crippen LogP contribution is 2.38. The van der Waals surface area contributed by atoms with E-state index in [2.05, 4.69) is 27.1 Å². The highest BCUT2D eigenvalue weighted by atomic mass is 32.1. The molecule has 10 heteroatoms. The minimum atomic E-state index is 0.204. The van der Waals surface area contributed by atoms with Crippen molar-refractivity contribution in [2.24, 2.45) is 5.92 Å². The second kappa shape index (κ2) is 11.2. The maximum absolute atomic E-state index is 12.2. The molecule has 1 aliphatic heterocycles. The van der Waals surface area contributed by atoms with Gasteiger partial charge in [-0.2, -0.15) is 0 Å². The van der Waals surface area contributed by atoms with Crippen molar-refractivity contribution in [1.29, 1.82) is 0 Å². The second-order valence-corrected chi connectivity index (χ2v) is 11.0. The molecular formula is C30H32N4O5S. The number of piperidine rings is 1. The van der Waals surface area contributed by atoms with Gasteiger partial charge in [0.15, 0.2) is 11.5 Å². The molecule has 9 nitrogen and oxygen atoms in total. The molecule has 2 aromatic carbocycles. The number of Topliss-reactive ketones (excluding diaryl/α,β-unsaturated/α-hetero) is 1. The van der Waals surface area contributed by atoms with Gasteiger partial charge in [0.1, 0.15) is 22.8 Å². The van der Waals surface area contributed by atoms with Crippen LogP contribution in [0.5, 0.6) is 16.7 Å². The topological polar surface area (TPSA) is 91.3 Å². The van der Waals surface area contributed by atoms with Gasteiger partial charge in [-0.15, -0.1) is 5.10 Å². The van der Waals surface area contributed by atoms with Crippen molar-refractivity contribution in [3.8, 4) is 28.1 Å². The Morgan fingerprint density at radius 3 is 2.75 bits per heavy atom. The predicted octanol–water partition coefficient (Wildman–Crippen LogP) is 6.50. The first-order valence-electron chi connectivity index (χ1n) is 13.6. The van der Waals surface area contributed by atoms with Crippen molar-refractivity contribution < 1.29 is 23.4 Å². The number of carbonyl (C=O) groups is 1. The third kappa shape index (κ3) is 5.23. The zero-order valence-corrected chi connectivity index (χ0v) is 23.7. The van der Waals surface area contributed by atoms with E-state index < -0.39 is 0 Å². The lowest BCUT2D eigenvalue weighted by molar-refractivity contribution is 0.0981. The highest BCUT2D eigenvalue weighted by Gasteiger charge is 2.23. The van der Waals surface area contributed by atoms with E-state index in [1.54, 1.807) is 18.7 Å². The normalized spacial score (nSPS) is 15.6. The fourth-order valence-corrected chi connectivity index (χ4v) is 5.90. The van der Waals surface area contributed by atoms with Crippen LogP contribution in [0.4, 0.5) is 5.69 Å². The summed E-state index contributed by atoms with van der Waals surface area (Å²) in [5, 5.41) is 5.78. The van der Waals surface area contributed by atoms with E-state index >= 15 is 0 Å². The number of furan rings is 1. The standard InChI is InChI=1S/C30H32N4O5S/c1-4-6-25(35)20-8-10-21(11-9-20)33-12-5-7-19(16-33)18-38-26-13-22(36-2)14-27-23(26)15-28(39-27)24-17-34-29(31-24)40-30(32-34)37-3/h8-11,13-15,17,19H,4-7,12,16,18H2,1-3H3/t19-/m1/s1. The minimum Gasteiger partial charge on any atom is -0.496 e. The summed E-state index contributed by atoms with van der Waals surface area (Å²) in [5.41, 5.74) is 3.30. The fourth-order valence-electron chi connectivity index (χ4n) is 5.20. The van der Waals surface area contributed by atoms with E-state index in [0.29, 0.717) is 46.9 Å². The molecule has 4 heterocycles. The SMILES string of the molecule is CCCC(=O)c1ccc(N2CCC[C@@H](COc3cc(OC)cc4oc(-c5cn6nc(OC)sc6n5)cc34)C2)cc1. The van der Waals surface area contributed by atoms with Crippen LogP contribution in [0.2, 0.25) is 0 Å². The van der Waals surface area contributed by atoms with E-state index in [9.17, 15) is 4.79 Å². The molecular weight excluding hydrogens is 528 g/mol. The molecule has 0 unspecified atom stereocenters. The summed E-state index contributed by atoms with van der Waals surface area (Å²) in [6, 6.07) is 13.8. The fraction of sp³-hybridized carbons (Fsp3) is 0.367. The lowest BCUT2D eigenvalue weighted by Gasteiger charge is -2.34. The van der Waals surface area contributed by atoms with Crippen LogP contribution in [0.25, 0.3) is 27.4 Å². The number of methoxy groups -OCH3 is 2. The Labute approximate surface area is 236 Å². The van der Waals surface area contributed by atoms with Gasteiger partial charge in [0.25, 0.3) is 5.19 Å². The van der Waals surface area contributed by atoms with Crippen molar-refractivity contribution in [3.05, 3.63) is 54.2 Å². The molecule has 1 aliphatic rings. The summed E-state index contributed by atoms with van der Waals surface area (Å²) in [6.07, 6.45) is 5.46. The monoisotopic (exact) mass is 560 g/mol. The van der Waals surface area contributed by atoms with Crippen LogP contribution in [0.1, 0.15) is 43.0 Å². The Morgan fingerprint density at radius 1 is 1.15 bits per heavy atom. The summed E-state index contributed by atoms with van der Waals surface area (Å²) in [5.74, 6) is 2.60. The van der Waals surface area contributed by atoms with E-state index in [4.69, 9.17) is 18.6 Å². The van der Waals surface area contributed by atoms with Gasteiger partial charge in [0.2, 0.25) is 4.96 Å². The number of benzene rings is 2. The molecule has 0 saturated carbocycles. The molecule has 0 bridgehead atoms. The maximum Gasteiger partial charge on any atom is 0.294 e. The molecule has 1 fully saturated rings. The first kappa shape index (κ1) is 26.2. The zero-order chi connectivity index (χ0) is 27.6. The van der Waals surface area contributed by atoms with E-state index in [1.807, 2.05) is 43.5 Å². The number of aromatic nitrogens is 3. The molecule has 0 N–H and O–H groups in total. The quantitative estimate of drug-likeness (QED) is 0.179. The Morgan fingerprint density at radius 2 is 2.00 bits per heavy atom. The molecule has 3 aromatic heterocycles. The molecule has 40 heavy (non-hydrogen) atoms. The number of imidazole rings is 1. The number of fused-ring (bicyclic) bond motifs is 2. The number of hydrogen-bond donors (Lipinski definition) is 0. The maximum atomic E-state index is 12.2.